The third-order valence-electron chi connectivity index (χ3n) is 3.79. The molecule has 0 radical (unpaired) electrons. The molecule has 2 aromatic carbocycles. The highest BCUT2D eigenvalue weighted by molar-refractivity contribution is 9.11. The summed E-state index contributed by atoms with van der Waals surface area (Å²) in [6.07, 6.45) is 2.57. The van der Waals surface area contributed by atoms with E-state index in [4.69, 9.17) is 0 Å². The molecular weight excluding hydrogens is 436 g/mol. The van der Waals surface area contributed by atoms with E-state index in [2.05, 4.69) is 42.2 Å². The first-order valence-electron chi connectivity index (χ1n) is 7.39. The van der Waals surface area contributed by atoms with Crippen molar-refractivity contribution in [2.75, 3.05) is 6.54 Å². The number of rotatable bonds is 0. The number of carbonyl (C=O) groups is 1. The third kappa shape index (κ3) is 3.44. The Morgan fingerprint density at radius 2 is 1.62 bits per heavy atom. The van der Waals surface area contributed by atoms with Crippen molar-refractivity contribution < 1.29 is 4.79 Å². The van der Waals surface area contributed by atoms with E-state index in [1.807, 2.05) is 36.4 Å². The first kappa shape index (κ1) is 16.9. The Labute approximate surface area is 155 Å². The number of pyridine rings is 1. The molecule has 1 aliphatic heterocycles. The minimum absolute atomic E-state index is 0.0394. The van der Waals surface area contributed by atoms with Crippen LogP contribution in [0.2, 0.25) is 0 Å². The Hall–Kier alpha value is -1.92. The molecule has 3 aromatic rings. The lowest BCUT2D eigenvalue weighted by molar-refractivity contribution is 0.0946. The smallest absolute Gasteiger partial charge is 0.255 e. The number of benzene rings is 2. The molecule has 0 aliphatic carbocycles. The molecule has 0 spiro atoms. The van der Waals surface area contributed by atoms with Gasteiger partial charge in [-0.15, -0.1) is 0 Å². The molecular formula is C18H14Br2N2O2. The number of nitrogens with one attached hydrogen (secondary N) is 2. The molecule has 2 N–H and O–H groups in total. The van der Waals surface area contributed by atoms with Crippen LogP contribution < -0.4 is 10.9 Å². The number of carbonyl (C=O) groups excluding carboxylic acids is 1. The fourth-order valence-corrected chi connectivity index (χ4v) is 3.67. The average molecular weight is 450 g/mol. The van der Waals surface area contributed by atoms with Crippen LogP contribution in [0.4, 0.5) is 0 Å². The zero-order chi connectivity index (χ0) is 17.1. The topological polar surface area (TPSA) is 62.0 Å². The molecule has 4 rings (SSSR count). The van der Waals surface area contributed by atoms with Gasteiger partial charge in [-0.3, -0.25) is 9.59 Å². The number of hydrogen-bond donors (Lipinski definition) is 2. The summed E-state index contributed by atoms with van der Waals surface area (Å²) in [6, 6.07) is 13.2. The third-order valence-corrected chi connectivity index (χ3v) is 5.22. The van der Waals surface area contributed by atoms with Gasteiger partial charge >= 0.3 is 0 Å². The second-order valence-corrected chi connectivity index (χ2v) is 6.99. The summed E-state index contributed by atoms with van der Waals surface area (Å²) >= 11 is 6.81. The minimum atomic E-state index is -0.0474. The van der Waals surface area contributed by atoms with Crippen LogP contribution in [0.15, 0.2) is 62.4 Å². The van der Waals surface area contributed by atoms with Crippen molar-refractivity contribution >= 4 is 48.5 Å². The number of H-pyrrole nitrogens is 1. The van der Waals surface area contributed by atoms with E-state index in [0.717, 1.165) is 38.4 Å². The fourth-order valence-electron chi connectivity index (χ4n) is 2.60. The molecule has 122 valence electrons. The molecule has 24 heavy (non-hydrogen) atoms. The van der Waals surface area contributed by atoms with Crippen LogP contribution in [0, 0.1) is 0 Å². The monoisotopic (exact) mass is 448 g/mol. The molecule has 2 heterocycles. The van der Waals surface area contributed by atoms with Crippen molar-refractivity contribution in [2.24, 2.45) is 0 Å². The van der Waals surface area contributed by atoms with Crippen LogP contribution in [0.3, 0.4) is 0 Å². The van der Waals surface area contributed by atoms with Gasteiger partial charge < -0.3 is 10.3 Å². The zero-order valence-electron chi connectivity index (χ0n) is 12.6. The van der Waals surface area contributed by atoms with Crippen molar-refractivity contribution in [3.05, 3.63) is 79.1 Å². The zero-order valence-corrected chi connectivity index (χ0v) is 15.8. The van der Waals surface area contributed by atoms with E-state index >= 15 is 0 Å². The Bertz CT molecular complexity index is 967. The lowest BCUT2D eigenvalue weighted by Crippen LogP contribution is -2.31. The lowest BCUT2D eigenvalue weighted by Gasteiger charge is -2.16. The van der Waals surface area contributed by atoms with Gasteiger partial charge in [0.25, 0.3) is 11.5 Å². The van der Waals surface area contributed by atoms with Gasteiger partial charge in [-0.25, -0.2) is 0 Å². The Kier molecular flexibility index (Phi) is 5.16. The Morgan fingerprint density at radius 3 is 2.38 bits per heavy atom. The predicted molar refractivity (Wildman–Crippen MR) is 102 cm³/mol. The van der Waals surface area contributed by atoms with E-state index in [0.29, 0.717) is 5.39 Å². The van der Waals surface area contributed by atoms with Gasteiger partial charge in [0.15, 0.2) is 0 Å². The van der Waals surface area contributed by atoms with Crippen LogP contribution in [-0.2, 0) is 6.42 Å². The number of hydrogen-bond acceptors (Lipinski definition) is 2. The largest absolute Gasteiger partial charge is 0.352 e. The summed E-state index contributed by atoms with van der Waals surface area (Å²) in [4.78, 5) is 25.2. The highest BCUT2D eigenvalue weighted by atomic mass is 79.9. The molecule has 1 aromatic heterocycles. The highest BCUT2D eigenvalue weighted by Gasteiger charge is 2.17. The second-order valence-electron chi connectivity index (χ2n) is 5.28. The molecule has 0 fully saturated rings. The van der Waals surface area contributed by atoms with Gasteiger partial charge in [-0.05, 0) is 42.3 Å². The van der Waals surface area contributed by atoms with E-state index < -0.39 is 0 Å². The molecule has 1 amide bonds. The number of aromatic amines is 1. The predicted octanol–water partition coefficient (Wildman–Crippen LogP) is 4.03. The van der Waals surface area contributed by atoms with Crippen LogP contribution in [0.25, 0.3) is 10.8 Å². The van der Waals surface area contributed by atoms with Gasteiger partial charge in [0.05, 0.1) is 0 Å². The van der Waals surface area contributed by atoms with Gasteiger partial charge in [-0.1, -0.05) is 44.0 Å². The fraction of sp³-hybridized carbons (Fsp3) is 0.111. The Balaban J connectivity index is 0.000000141. The van der Waals surface area contributed by atoms with Gasteiger partial charge in [0.1, 0.15) is 0 Å². The lowest BCUT2D eigenvalue weighted by atomic mass is 10.0. The summed E-state index contributed by atoms with van der Waals surface area (Å²) in [6.45, 7) is 0.744. The standard InChI is InChI=1S/C9H8BrNO.C9H6BrNO/c2*10-8-3-1-2-7-6(8)4-5-11-9(7)12/h1-3H,4-5H2,(H,11,12);1-5H,(H,11,12). The van der Waals surface area contributed by atoms with Crippen molar-refractivity contribution in [1.82, 2.24) is 10.3 Å². The number of aromatic nitrogens is 1. The van der Waals surface area contributed by atoms with Gasteiger partial charge in [0, 0.05) is 38.0 Å². The molecule has 0 saturated carbocycles. The number of halogens is 2. The molecule has 0 atom stereocenters. The highest BCUT2D eigenvalue weighted by Crippen LogP contribution is 2.23. The first-order valence-corrected chi connectivity index (χ1v) is 8.98. The van der Waals surface area contributed by atoms with Crippen LogP contribution in [-0.4, -0.2) is 17.4 Å². The van der Waals surface area contributed by atoms with E-state index in [9.17, 15) is 9.59 Å². The quantitative estimate of drug-likeness (QED) is 0.544. The summed E-state index contributed by atoms with van der Waals surface area (Å²) in [5.74, 6) is 0.0394. The SMILES string of the molecule is O=C1NCCc2c(Br)cccc21.O=c1[nH]ccc2c(Br)cccc12. The summed E-state index contributed by atoms with van der Waals surface area (Å²) in [7, 11) is 0. The van der Waals surface area contributed by atoms with Gasteiger partial charge in [0.2, 0.25) is 0 Å². The first-order chi connectivity index (χ1) is 11.6. The second kappa shape index (κ2) is 7.32. The van der Waals surface area contributed by atoms with E-state index in [1.54, 1.807) is 12.3 Å². The van der Waals surface area contributed by atoms with E-state index in [-0.39, 0.29) is 11.5 Å². The maximum absolute atomic E-state index is 11.3. The van der Waals surface area contributed by atoms with Crippen molar-refractivity contribution in [3.8, 4) is 0 Å². The van der Waals surface area contributed by atoms with Crippen LogP contribution >= 0.6 is 31.9 Å². The maximum atomic E-state index is 11.3. The molecule has 6 heteroatoms. The van der Waals surface area contributed by atoms with Crippen LogP contribution in [0.5, 0.6) is 0 Å². The Morgan fingerprint density at radius 1 is 0.875 bits per heavy atom. The van der Waals surface area contributed by atoms with Crippen LogP contribution in [0.1, 0.15) is 15.9 Å². The summed E-state index contributed by atoms with van der Waals surface area (Å²) in [5, 5.41) is 4.47. The molecule has 1 aliphatic rings. The molecule has 0 unspecified atom stereocenters. The summed E-state index contributed by atoms with van der Waals surface area (Å²) in [5.41, 5.74) is 1.88. The van der Waals surface area contributed by atoms with E-state index in [1.165, 1.54) is 0 Å². The van der Waals surface area contributed by atoms with Gasteiger partial charge in [-0.2, -0.15) is 0 Å². The molecule has 0 bridgehead atoms. The molecule has 0 saturated heterocycles. The molecule has 4 nitrogen and oxygen atoms in total. The normalized spacial score (nSPS) is 12.8. The minimum Gasteiger partial charge on any atom is -0.352 e. The van der Waals surface area contributed by atoms with Crippen molar-refractivity contribution in [1.29, 1.82) is 0 Å². The summed E-state index contributed by atoms with van der Waals surface area (Å²) < 4.78 is 1.99. The van der Waals surface area contributed by atoms with Crippen molar-refractivity contribution in [3.63, 3.8) is 0 Å². The average Bonchev–Trinajstić information content (AvgIpc) is 2.58. The van der Waals surface area contributed by atoms with Crippen molar-refractivity contribution in [2.45, 2.75) is 6.42 Å². The number of fused-ring (bicyclic) bond motifs is 2. The number of amides is 1. The maximum Gasteiger partial charge on any atom is 0.255 e.